The first-order chi connectivity index (χ1) is 22.6. The molecule has 0 saturated carbocycles. The summed E-state index contributed by atoms with van der Waals surface area (Å²) in [5.41, 5.74) is 13.1. The van der Waals surface area contributed by atoms with E-state index in [9.17, 15) is 0 Å². The monoisotopic (exact) mass is 783 g/mol. The van der Waals surface area contributed by atoms with Gasteiger partial charge in [-0.2, -0.15) is 0 Å². The second-order valence-corrected chi connectivity index (χ2v) is 12.0. The summed E-state index contributed by atoms with van der Waals surface area (Å²) in [5, 5.41) is 2.31. The van der Waals surface area contributed by atoms with E-state index in [4.69, 9.17) is 4.42 Å². The van der Waals surface area contributed by atoms with Crippen molar-refractivity contribution >= 4 is 21.9 Å². The van der Waals surface area contributed by atoms with Crippen LogP contribution in [0.3, 0.4) is 0 Å². The van der Waals surface area contributed by atoms with Crippen molar-refractivity contribution in [3.8, 4) is 44.8 Å². The Morgan fingerprint density at radius 2 is 1.26 bits per heavy atom. The smallest absolute Gasteiger partial charge is 0.143 e. The number of furan rings is 1. The summed E-state index contributed by atoms with van der Waals surface area (Å²) in [6.07, 6.45) is 3.68. The van der Waals surface area contributed by atoms with Gasteiger partial charge in [-0.1, -0.05) is 74.5 Å². The molecule has 9 rings (SSSR count). The molecule has 0 atom stereocenters. The summed E-state index contributed by atoms with van der Waals surface area (Å²) in [6.45, 7) is 4.65. The Labute approximate surface area is 288 Å². The number of para-hydroxylation sites is 1. The Morgan fingerprint density at radius 1 is 0.574 bits per heavy atom. The zero-order valence-electron chi connectivity index (χ0n) is 26.0. The maximum absolute atomic E-state index is 6.56. The molecule has 0 fully saturated rings. The van der Waals surface area contributed by atoms with Crippen molar-refractivity contribution in [1.29, 1.82) is 0 Å². The largest absolute Gasteiger partial charge is 0.455 e. The van der Waals surface area contributed by atoms with Gasteiger partial charge in [0.05, 0.1) is 0 Å². The van der Waals surface area contributed by atoms with E-state index in [1.165, 1.54) is 22.3 Å². The van der Waals surface area contributed by atoms with Crippen LogP contribution in [0.5, 0.6) is 0 Å². The van der Waals surface area contributed by atoms with Crippen molar-refractivity contribution in [3.05, 3.63) is 169 Å². The fourth-order valence-corrected chi connectivity index (χ4v) is 6.66. The molecule has 229 valence electrons. The number of fused-ring (bicyclic) bond motifs is 6. The molecule has 1 radical (unpaired) electrons. The molecule has 1 aliphatic carbocycles. The second kappa shape index (κ2) is 12.6. The van der Waals surface area contributed by atoms with E-state index in [1.54, 1.807) is 6.20 Å². The van der Waals surface area contributed by atoms with E-state index in [0.717, 1.165) is 55.6 Å². The fourth-order valence-electron chi connectivity index (χ4n) is 6.66. The van der Waals surface area contributed by atoms with Gasteiger partial charge < -0.3 is 14.4 Å². The van der Waals surface area contributed by atoms with Crippen LogP contribution in [-0.2, 0) is 25.5 Å². The van der Waals surface area contributed by atoms with Gasteiger partial charge >= 0.3 is 0 Å². The first-order valence-electron chi connectivity index (χ1n) is 15.5. The van der Waals surface area contributed by atoms with E-state index >= 15 is 0 Å². The number of hydrogen-bond donors (Lipinski definition) is 0. The van der Waals surface area contributed by atoms with Crippen molar-refractivity contribution in [2.45, 2.75) is 19.3 Å². The van der Waals surface area contributed by atoms with E-state index in [0.29, 0.717) is 0 Å². The third-order valence-corrected chi connectivity index (χ3v) is 8.90. The molecule has 3 heterocycles. The van der Waals surface area contributed by atoms with Crippen LogP contribution in [0.2, 0.25) is 0 Å². The van der Waals surface area contributed by atoms with Crippen LogP contribution < -0.4 is 0 Å². The Balaban J connectivity index is 0.000000228. The van der Waals surface area contributed by atoms with Gasteiger partial charge in [0.2, 0.25) is 0 Å². The maximum atomic E-state index is 6.56. The molecule has 0 aliphatic heterocycles. The Hall–Kier alpha value is -5.15. The molecule has 0 bridgehead atoms. The summed E-state index contributed by atoms with van der Waals surface area (Å²) in [4.78, 5) is 8.88. The second-order valence-electron chi connectivity index (χ2n) is 12.0. The average molecular weight is 783 g/mol. The maximum Gasteiger partial charge on any atom is 0.143 e. The van der Waals surface area contributed by atoms with Gasteiger partial charge in [0.15, 0.2) is 0 Å². The minimum atomic E-state index is -0.101. The molecule has 47 heavy (non-hydrogen) atoms. The molecular formula is C43H30IrN2O-2. The van der Waals surface area contributed by atoms with Crippen LogP contribution in [0, 0.1) is 12.1 Å². The summed E-state index contributed by atoms with van der Waals surface area (Å²) >= 11 is 0. The molecule has 0 amide bonds. The summed E-state index contributed by atoms with van der Waals surface area (Å²) in [7, 11) is 0. The molecule has 4 heteroatoms. The van der Waals surface area contributed by atoms with Gasteiger partial charge in [-0.25, -0.2) is 0 Å². The van der Waals surface area contributed by atoms with Crippen molar-refractivity contribution in [2.24, 2.45) is 0 Å². The van der Waals surface area contributed by atoms with Crippen molar-refractivity contribution in [1.82, 2.24) is 9.97 Å². The molecule has 0 N–H and O–H groups in total. The van der Waals surface area contributed by atoms with Gasteiger partial charge in [0.25, 0.3) is 0 Å². The Bertz CT molecular complexity index is 2290. The van der Waals surface area contributed by atoms with Gasteiger partial charge in [-0.15, -0.1) is 71.8 Å². The van der Waals surface area contributed by atoms with Crippen LogP contribution in [0.25, 0.3) is 66.7 Å². The van der Waals surface area contributed by atoms with Gasteiger partial charge in [-0.05, 0) is 63.5 Å². The SMILES string of the molecule is CC1(C)c2ccccc2-c2c1cc1c(oc3ccccc31)c2-c1ccnc(-c2[c-]cccc2)c1.[Ir].[c-]1ccccc1-c1ccccn1. The van der Waals surface area contributed by atoms with E-state index in [2.05, 4.69) is 103 Å². The number of rotatable bonds is 3. The normalized spacial score (nSPS) is 12.5. The summed E-state index contributed by atoms with van der Waals surface area (Å²) in [5.74, 6) is 0. The number of hydrogen-bond acceptors (Lipinski definition) is 3. The minimum Gasteiger partial charge on any atom is -0.455 e. The van der Waals surface area contributed by atoms with Crippen molar-refractivity contribution < 1.29 is 24.5 Å². The Kier molecular flexibility index (Phi) is 8.15. The Morgan fingerprint density at radius 3 is 2.00 bits per heavy atom. The molecule has 5 aromatic carbocycles. The van der Waals surface area contributed by atoms with E-state index < -0.39 is 0 Å². The molecule has 0 saturated heterocycles. The van der Waals surface area contributed by atoms with Gasteiger partial charge in [0, 0.05) is 54.2 Å². The van der Waals surface area contributed by atoms with Crippen LogP contribution in [0.1, 0.15) is 25.0 Å². The van der Waals surface area contributed by atoms with Crippen molar-refractivity contribution in [2.75, 3.05) is 0 Å². The first kappa shape index (κ1) is 30.5. The zero-order valence-corrected chi connectivity index (χ0v) is 28.4. The van der Waals surface area contributed by atoms with Crippen LogP contribution in [0.15, 0.2) is 150 Å². The standard InChI is InChI=1S/C32H22NO.C11H8N.Ir/c1-32(2)25-14-8-6-13-23(25)30-26(32)19-24-22-12-7-9-15-28(22)34-31(24)29(30)21-16-17-33-27(18-21)20-10-4-3-5-11-20;1-2-6-10(7-3-1)11-8-4-5-9-12-11;/h3-10,12-19H,1-2H3;1-6,8-9H;/q2*-1;. The quantitative estimate of drug-likeness (QED) is 0.168. The van der Waals surface area contributed by atoms with Crippen LogP contribution in [-0.4, -0.2) is 9.97 Å². The summed E-state index contributed by atoms with van der Waals surface area (Å²) < 4.78 is 6.56. The van der Waals surface area contributed by atoms with Crippen LogP contribution in [0.4, 0.5) is 0 Å². The third-order valence-electron chi connectivity index (χ3n) is 8.90. The fraction of sp³-hybridized carbons (Fsp3) is 0.0698. The summed E-state index contributed by atoms with van der Waals surface area (Å²) in [6, 6.07) is 51.9. The average Bonchev–Trinajstić information content (AvgIpc) is 3.61. The van der Waals surface area contributed by atoms with Gasteiger partial charge in [0.1, 0.15) is 11.2 Å². The third kappa shape index (κ3) is 5.40. The molecule has 0 unspecified atom stereocenters. The zero-order chi connectivity index (χ0) is 31.1. The van der Waals surface area contributed by atoms with E-state index in [-0.39, 0.29) is 25.5 Å². The molecule has 0 spiro atoms. The number of aromatic nitrogens is 2. The first-order valence-corrected chi connectivity index (χ1v) is 15.5. The molecular weight excluding hydrogens is 753 g/mol. The topological polar surface area (TPSA) is 38.9 Å². The van der Waals surface area contributed by atoms with Crippen LogP contribution >= 0.6 is 0 Å². The molecule has 3 aromatic heterocycles. The minimum absolute atomic E-state index is 0. The molecule has 3 nitrogen and oxygen atoms in total. The predicted octanol–water partition coefficient (Wildman–Crippen LogP) is 11.0. The molecule has 1 aliphatic rings. The number of benzene rings is 5. The molecule has 8 aromatic rings. The van der Waals surface area contributed by atoms with Gasteiger partial charge in [-0.3, -0.25) is 0 Å². The number of pyridine rings is 2. The van der Waals surface area contributed by atoms with Crippen molar-refractivity contribution in [3.63, 3.8) is 0 Å². The van der Waals surface area contributed by atoms with E-state index in [1.807, 2.05) is 72.9 Å². The number of nitrogens with zero attached hydrogens (tertiary/aromatic N) is 2. The predicted molar refractivity (Wildman–Crippen MR) is 187 cm³/mol.